The van der Waals surface area contributed by atoms with Gasteiger partial charge in [0.15, 0.2) is 0 Å². The zero-order chi connectivity index (χ0) is 18.7. The van der Waals surface area contributed by atoms with E-state index in [1.165, 1.54) is 36.9 Å². The molecular weight excluding hydrogens is 407 g/mol. The maximum Gasteiger partial charge on any atom is 0.236 e. The summed E-state index contributed by atoms with van der Waals surface area (Å²) in [6.45, 7) is 10.9. The number of hydrogen-bond acceptors (Lipinski definition) is 4. The summed E-state index contributed by atoms with van der Waals surface area (Å²) in [6, 6.07) is 8.72. The first kappa shape index (κ1) is 24.3. The Hall–Kier alpha value is -1.01. The monoisotopic (exact) mass is 442 g/mol. The fraction of sp³-hybridized carbons (Fsp3) is 0.682. The molecule has 1 N–H and O–H groups in total. The molecule has 1 amide bonds. The maximum atomic E-state index is 12.8. The summed E-state index contributed by atoms with van der Waals surface area (Å²) < 4.78 is 0. The minimum atomic E-state index is 0. The van der Waals surface area contributed by atoms with E-state index in [9.17, 15) is 4.79 Å². The Bertz CT molecular complexity index is 648. The van der Waals surface area contributed by atoms with E-state index in [1.54, 1.807) is 0 Å². The molecule has 0 bridgehead atoms. The molecule has 3 aliphatic rings. The lowest BCUT2D eigenvalue weighted by Gasteiger charge is -2.45. The molecule has 1 aromatic rings. The maximum absolute atomic E-state index is 12.8. The van der Waals surface area contributed by atoms with Gasteiger partial charge in [0, 0.05) is 45.0 Å². The van der Waals surface area contributed by atoms with Crippen LogP contribution in [0.1, 0.15) is 31.2 Å². The highest BCUT2D eigenvalue weighted by Crippen LogP contribution is 2.39. The smallest absolute Gasteiger partial charge is 0.236 e. The molecule has 0 aliphatic carbocycles. The van der Waals surface area contributed by atoms with Crippen LogP contribution >= 0.6 is 24.8 Å². The van der Waals surface area contributed by atoms with Gasteiger partial charge in [0.1, 0.15) is 0 Å². The van der Waals surface area contributed by atoms with Crippen molar-refractivity contribution >= 4 is 36.4 Å². The average molecular weight is 443 g/mol. The summed E-state index contributed by atoms with van der Waals surface area (Å²) in [6.07, 6.45) is 4.97. The fourth-order valence-corrected chi connectivity index (χ4v) is 4.97. The van der Waals surface area contributed by atoms with Gasteiger partial charge in [-0.2, -0.15) is 0 Å². The van der Waals surface area contributed by atoms with Crippen molar-refractivity contribution < 1.29 is 4.79 Å². The van der Waals surface area contributed by atoms with Crippen molar-refractivity contribution in [3.8, 4) is 0 Å². The molecule has 1 aromatic carbocycles. The molecule has 164 valence electrons. The van der Waals surface area contributed by atoms with Crippen LogP contribution < -0.4 is 10.2 Å². The third-order valence-corrected chi connectivity index (χ3v) is 6.94. The highest BCUT2D eigenvalue weighted by Gasteiger charge is 2.36. The van der Waals surface area contributed by atoms with E-state index in [1.807, 2.05) is 0 Å². The van der Waals surface area contributed by atoms with Gasteiger partial charge in [0.25, 0.3) is 0 Å². The van der Waals surface area contributed by atoms with E-state index in [0.29, 0.717) is 17.9 Å². The molecule has 3 saturated heterocycles. The number of nitrogens with zero attached hydrogens (tertiary/aromatic N) is 3. The Morgan fingerprint density at radius 3 is 2.24 bits per heavy atom. The van der Waals surface area contributed by atoms with Crippen molar-refractivity contribution in [3.05, 3.63) is 29.8 Å². The molecule has 1 spiro atoms. The van der Waals surface area contributed by atoms with Crippen molar-refractivity contribution in [1.29, 1.82) is 0 Å². The van der Waals surface area contributed by atoms with Crippen LogP contribution in [0, 0.1) is 12.3 Å². The van der Waals surface area contributed by atoms with Crippen molar-refractivity contribution in [3.63, 3.8) is 0 Å². The zero-order valence-corrected chi connectivity index (χ0v) is 19.2. The first-order valence-corrected chi connectivity index (χ1v) is 10.7. The van der Waals surface area contributed by atoms with E-state index in [-0.39, 0.29) is 24.8 Å². The SMILES string of the molecule is Cc1cccc(N2CCN(CC(=O)N3CCC4(CCNCC4)CC3)CC2)c1.Cl.Cl. The number of hydrogen-bond donors (Lipinski definition) is 1. The lowest BCUT2D eigenvalue weighted by Crippen LogP contribution is -2.52. The summed E-state index contributed by atoms with van der Waals surface area (Å²) >= 11 is 0. The molecule has 0 atom stereocenters. The molecule has 0 saturated carbocycles. The number of anilines is 1. The van der Waals surface area contributed by atoms with Gasteiger partial charge in [-0.1, -0.05) is 12.1 Å². The Kier molecular flexibility index (Phi) is 9.08. The van der Waals surface area contributed by atoms with Crippen LogP contribution in [0.4, 0.5) is 5.69 Å². The molecule has 3 fully saturated rings. The van der Waals surface area contributed by atoms with E-state index >= 15 is 0 Å². The molecule has 3 heterocycles. The van der Waals surface area contributed by atoms with Gasteiger partial charge in [-0.25, -0.2) is 0 Å². The van der Waals surface area contributed by atoms with Crippen molar-refractivity contribution in [2.45, 2.75) is 32.6 Å². The number of rotatable bonds is 3. The molecule has 3 aliphatic heterocycles. The molecular formula is C22H36Cl2N4O. The van der Waals surface area contributed by atoms with Crippen LogP contribution in [0.15, 0.2) is 24.3 Å². The molecule has 0 unspecified atom stereocenters. The minimum absolute atomic E-state index is 0. The normalized spacial score (nSPS) is 22.0. The van der Waals surface area contributed by atoms with Gasteiger partial charge >= 0.3 is 0 Å². The van der Waals surface area contributed by atoms with Gasteiger partial charge in [-0.15, -0.1) is 24.8 Å². The molecule has 29 heavy (non-hydrogen) atoms. The van der Waals surface area contributed by atoms with Crippen LogP contribution in [0.25, 0.3) is 0 Å². The standard InChI is InChI=1S/C22H34N4O.2ClH/c1-19-3-2-4-20(17-19)25-15-13-24(14-16-25)18-21(27)26-11-7-22(8-12-26)5-9-23-10-6-22;;/h2-4,17,23H,5-16,18H2,1H3;2*1H. The quantitative estimate of drug-likeness (QED) is 0.780. The molecule has 0 radical (unpaired) electrons. The largest absolute Gasteiger partial charge is 0.369 e. The van der Waals surface area contributed by atoms with E-state index in [0.717, 1.165) is 52.4 Å². The van der Waals surface area contributed by atoms with E-state index in [2.05, 4.69) is 51.2 Å². The Labute approximate surface area is 188 Å². The second-order valence-electron chi connectivity index (χ2n) is 8.73. The highest BCUT2D eigenvalue weighted by atomic mass is 35.5. The highest BCUT2D eigenvalue weighted by molar-refractivity contribution is 5.85. The number of halogens is 2. The predicted octanol–water partition coefficient (Wildman–Crippen LogP) is 2.95. The van der Waals surface area contributed by atoms with Crippen LogP contribution in [-0.2, 0) is 4.79 Å². The van der Waals surface area contributed by atoms with E-state index < -0.39 is 0 Å². The number of nitrogens with one attached hydrogen (secondary N) is 1. The van der Waals surface area contributed by atoms with Gasteiger partial charge in [-0.3, -0.25) is 9.69 Å². The number of carbonyl (C=O) groups excluding carboxylic acids is 1. The van der Waals surface area contributed by atoms with Crippen molar-refractivity contribution in [1.82, 2.24) is 15.1 Å². The first-order valence-electron chi connectivity index (χ1n) is 10.7. The van der Waals surface area contributed by atoms with Crippen molar-refractivity contribution in [2.75, 3.05) is 63.8 Å². The van der Waals surface area contributed by atoms with Crippen LogP contribution in [-0.4, -0.2) is 74.6 Å². The first-order chi connectivity index (χ1) is 13.1. The van der Waals surface area contributed by atoms with Gasteiger partial charge in [-0.05, 0) is 68.8 Å². The van der Waals surface area contributed by atoms with Crippen LogP contribution in [0.3, 0.4) is 0 Å². The predicted molar refractivity (Wildman–Crippen MR) is 125 cm³/mol. The number of benzene rings is 1. The lowest BCUT2D eigenvalue weighted by molar-refractivity contribution is -0.135. The summed E-state index contributed by atoms with van der Waals surface area (Å²) in [5, 5.41) is 3.47. The van der Waals surface area contributed by atoms with Gasteiger partial charge in [0.2, 0.25) is 5.91 Å². The lowest BCUT2D eigenvalue weighted by atomic mass is 9.71. The van der Waals surface area contributed by atoms with Crippen LogP contribution in [0.5, 0.6) is 0 Å². The number of likely N-dealkylation sites (tertiary alicyclic amines) is 1. The fourth-order valence-electron chi connectivity index (χ4n) is 4.97. The van der Waals surface area contributed by atoms with E-state index in [4.69, 9.17) is 0 Å². The Balaban J connectivity index is 0.00000150. The summed E-state index contributed by atoms with van der Waals surface area (Å²) in [4.78, 5) is 19.7. The van der Waals surface area contributed by atoms with Crippen LogP contribution in [0.2, 0.25) is 0 Å². The summed E-state index contributed by atoms with van der Waals surface area (Å²) in [7, 11) is 0. The van der Waals surface area contributed by atoms with Gasteiger partial charge < -0.3 is 15.1 Å². The Morgan fingerprint density at radius 2 is 1.62 bits per heavy atom. The Morgan fingerprint density at radius 1 is 0.966 bits per heavy atom. The second kappa shape index (κ2) is 10.9. The van der Waals surface area contributed by atoms with Crippen molar-refractivity contribution in [2.24, 2.45) is 5.41 Å². The molecule has 7 heteroatoms. The third kappa shape index (κ3) is 6.00. The summed E-state index contributed by atoms with van der Waals surface area (Å²) in [5.74, 6) is 0.336. The third-order valence-electron chi connectivity index (χ3n) is 6.94. The number of carbonyl (C=O) groups is 1. The summed E-state index contributed by atoms with van der Waals surface area (Å²) in [5.41, 5.74) is 3.13. The topological polar surface area (TPSA) is 38.8 Å². The molecule has 4 rings (SSSR count). The number of aryl methyl sites for hydroxylation is 1. The number of amides is 1. The number of piperidine rings is 2. The molecule has 5 nitrogen and oxygen atoms in total. The number of piperazine rings is 1. The average Bonchev–Trinajstić information content (AvgIpc) is 2.70. The van der Waals surface area contributed by atoms with Gasteiger partial charge in [0.05, 0.1) is 6.54 Å². The minimum Gasteiger partial charge on any atom is -0.369 e. The second-order valence-corrected chi connectivity index (χ2v) is 8.73. The zero-order valence-electron chi connectivity index (χ0n) is 17.6. The molecule has 0 aromatic heterocycles.